The van der Waals surface area contributed by atoms with Crippen LogP contribution in [-0.2, 0) is 4.79 Å². The number of carbonyl (C=O) groups is 1. The molecule has 0 saturated carbocycles. The highest BCUT2D eigenvalue weighted by Crippen LogP contribution is 2.17. The molecule has 0 unspecified atom stereocenters. The van der Waals surface area contributed by atoms with Crippen LogP contribution >= 0.6 is 11.6 Å². The summed E-state index contributed by atoms with van der Waals surface area (Å²) in [6, 6.07) is 17.2. The van der Waals surface area contributed by atoms with E-state index in [1.807, 2.05) is 59.5 Å². The number of carbonyl (C=O) groups excluding carboxylic acids is 1. The number of halogens is 1. The van der Waals surface area contributed by atoms with E-state index in [2.05, 4.69) is 20.4 Å². The van der Waals surface area contributed by atoms with Crippen LogP contribution < -0.4 is 4.90 Å². The predicted molar refractivity (Wildman–Crippen MR) is 108 cm³/mol. The van der Waals surface area contributed by atoms with E-state index in [0.29, 0.717) is 37.1 Å². The third-order valence-corrected chi connectivity index (χ3v) is 4.83. The molecule has 1 aliphatic rings. The van der Waals surface area contributed by atoms with Gasteiger partial charge in [0.1, 0.15) is 0 Å². The van der Waals surface area contributed by atoms with Crippen LogP contribution in [0.4, 0.5) is 5.95 Å². The molecular formula is C20H19ClN6O. The van der Waals surface area contributed by atoms with Crippen LogP contribution in [0.5, 0.6) is 0 Å². The molecule has 0 N–H and O–H groups in total. The zero-order chi connectivity index (χ0) is 19.3. The minimum Gasteiger partial charge on any atom is -0.336 e. The lowest BCUT2D eigenvalue weighted by atomic mass is 10.2. The molecule has 1 amide bonds. The molecule has 7 nitrogen and oxygen atoms in total. The van der Waals surface area contributed by atoms with Crippen molar-refractivity contribution in [3.8, 4) is 5.69 Å². The molecule has 0 bridgehead atoms. The SMILES string of the molecule is O=C(/C=C/c1cccc(Cl)c1)N1CCN(c2nnnn2-c2ccccc2)CC1. The van der Waals surface area contributed by atoms with Crippen LogP contribution in [0.25, 0.3) is 11.8 Å². The van der Waals surface area contributed by atoms with Gasteiger partial charge in [0.25, 0.3) is 0 Å². The van der Waals surface area contributed by atoms with Crippen LogP contribution in [0.2, 0.25) is 5.02 Å². The molecule has 4 rings (SSSR count). The second-order valence-electron chi connectivity index (χ2n) is 6.43. The summed E-state index contributed by atoms with van der Waals surface area (Å²) >= 11 is 5.98. The van der Waals surface area contributed by atoms with Gasteiger partial charge in [0, 0.05) is 37.3 Å². The van der Waals surface area contributed by atoms with Crippen LogP contribution in [0, 0.1) is 0 Å². The molecule has 1 saturated heterocycles. The third kappa shape index (κ3) is 4.04. The Morgan fingerprint density at radius 1 is 1.00 bits per heavy atom. The van der Waals surface area contributed by atoms with E-state index in [9.17, 15) is 4.79 Å². The van der Waals surface area contributed by atoms with Gasteiger partial charge in [-0.05, 0) is 46.3 Å². The van der Waals surface area contributed by atoms with E-state index in [0.717, 1.165) is 11.3 Å². The Morgan fingerprint density at radius 3 is 2.54 bits per heavy atom. The maximum absolute atomic E-state index is 12.5. The lowest BCUT2D eigenvalue weighted by molar-refractivity contribution is -0.126. The summed E-state index contributed by atoms with van der Waals surface area (Å²) in [4.78, 5) is 16.4. The number of benzene rings is 2. The first-order chi connectivity index (χ1) is 13.7. The summed E-state index contributed by atoms with van der Waals surface area (Å²) in [5.41, 5.74) is 1.81. The van der Waals surface area contributed by atoms with Crippen LogP contribution in [-0.4, -0.2) is 57.2 Å². The fourth-order valence-corrected chi connectivity index (χ4v) is 3.32. The molecule has 2 heterocycles. The molecule has 28 heavy (non-hydrogen) atoms. The Balaban J connectivity index is 1.39. The number of rotatable bonds is 4. The van der Waals surface area contributed by atoms with E-state index in [1.54, 1.807) is 16.8 Å². The monoisotopic (exact) mass is 394 g/mol. The van der Waals surface area contributed by atoms with Gasteiger partial charge < -0.3 is 9.80 Å². The number of nitrogens with zero attached hydrogens (tertiary/aromatic N) is 6. The molecule has 1 aliphatic heterocycles. The number of anilines is 1. The highest BCUT2D eigenvalue weighted by atomic mass is 35.5. The van der Waals surface area contributed by atoms with Gasteiger partial charge in [-0.1, -0.05) is 47.0 Å². The number of hydrogen-bond acceptors (Lipinski definition) is 5. The number of piperazine rings is 1. The van der Waals surface area contributed by atoms with Crippen molar-refractivity contribution in [2.45, 2.75) is 0 Å². The predicted octanol–water partition coefficient (Wildman–Crippen LogP) is 2.68. The van der Waals surface area contributed by atoms with Gasteiger partial charge in [0.2, 0.25) is 11.9 Å². The summed E-state index contributed by atoms with van der Waals surface area (Å²) in [6.45, 7) is 2.56. The number of amides is 1. The maximum Gasteiger partial charge on any atom is 0.250 e. The van der Waals surface area contributed by atoms with Crippen molar-refractivity contribution in [2.75, 3.05) is 31.1 Å². The fraction of sp³-hybridized carbons (Fsp3) is 0.200. The second kappa shape index (κ2) is 8.22. The van der Waals surface area contributed by atoms with Crippen LogP contribution in [0.15, 0.2) is 60.7 Å². The molecule has 0 spiro atoms. The van der Waals surface area contributed by atoms with Crippen molar-refractivity contribution < 1.29 is 4.79 Å². The molecule has 3 aromatic rings. The van der Waals surface area contributed by atoms with Gasteiger partial charge in [0.15, 0.2) is 0 Å². The van der Waals surface area contributed by atoms with E-state index in [1.165, 1.54) is 0 Å². The van der Waals surface area contributed by atoms with E-state index in [-0.39, 0.29) is 5.91 Å². The third-order valence-electron chi connectivity index (χ3n) is 4.60. The van der Waals surface area contributed by atoms with Crippen molar-refractivity contribution in [2.24, 2.45) is 0 Å². The van der Waals surface area contributed by atoms with Gasteiger partial charge in [-0.25, -0.2) is 0 Å². The van der Waals surface area contributed by atoms with E-state index >= 15 is 0 Å². The van der Waals surface area contributed by atoms with Gasteiger partial charge in [0.05, 0.1) is 5.69 Å². The average Bonchev–Trinajstić information content (AvgIpc) is 3.23. The van der Waals surface area contributed by atoms with Crippen molar-refractivity contribution in [3.05, 3.63) is 71.3 Å². The number of para-hydroxylation sites is 1. The number of tetrazole rings is 1. The van der Waals surface area contributed by atoms with Crippen molar-refractivity contribution in [1.82, 2.24) is 25.1 Å². The lowest BCUT2D eigenvalue weighted by Crippen LogP contribution is -2.49. The minimum absolute atomic E-state index is 0.0118. The zero-order valence-corrected chi connectivity index (χ0v) is 15.9. The quantitative estimate of drug-likeness (QED) is 0.636. The first-order valence-electron chi connectivity index (χ1n) is 9.02. The topological polar surface area (TPSA) is 67.2 Å². The molecule has 142 valence electrons. The standard InChI is InChI=1S/C20H19ClN6O/c21-17-6-4-5-16(15-17)9-10-19(28)25-11-13-26(14-12-25)20-22-23-24-27(20)18-7-2-1-3-8-18/h1-10,15H,11-14H2/b10-9+. The Morgan fingerprint density at radius 2 is 1.79 bits per heavy atom. The molecule has 0 aliphatic carbocycles. The summed E-state index contributed by atoms with van der Waals surface area (Å²) in [5.74, 6) is 0.676. The summed E-state index contributed by atoms with van der Waals surface area (Å²) < 4.78 is 1.72. The molecule has 0 radical (unpaired) electrons. The van der Waals surface area contributed by atoms with Crippen LogP contribution in [0.1, 0.15) is 5.56 Å². The second-order valence-corrected chi connectivity index (χ2v) is 6.86. The molecule has 1 fully saturated rings. The summed E-state index contributed by atoms with van der Waals surface area (Å²) in [5, 5.41) is 12.7. The van der Waals surface area contributed by atoms with Gasteiger partial charge in [-0.15, -0.1) is 0 Å². The zero-order valence-electron chi connectivity index (χ0n) is 15.1. The average molecular weight is 395 g/mol. The Labute approximate surface area is 167 Å². The van der Waals surface area contributed by atoms with Gasteiger partial charge in [-0.2, -0.15) is 4.68 Å². The highest BCUT2D eigenvalue weighted by Gasteiger charge is 2.23. The minimum atomic E-state index is -0.0118. The van der Waals surface area contributed by atoms with Crippen molar-refractivity contribution in [1.29, 1.82) is 0 Å². The Kier molecular flexibility index (Phi) is 5.34. The van der Waals surface area contributed by atoms with Gasteiger partial charge >= 0.3 is 0 Å². The summed E-state index contributed by atoms with van der Waals surface area (Å²) in [7, 11) is 0. The fourth-order valence-electron chi connectivity index (χ4n) is 3.13. The lowest BCUT2D eigenvalue weighted by Gasteiger charge is -2.34. The van der Waals surface area contributed by atoms with Crippen molar-refractivity contribution >= 4 is 29.5 Å². The van der Waals surface area contributed by atoms with Gasteiger partial charge in [-0.3, -0.25) is 4.79 Å². The van der Waals surface area contributed by atoms with E-state index in [4.69, 9.17) is 11.6 Å². The molecular weight excluding hydrogens is 376 g/mol. The van der Waals surface area contributed by atoms with E-state index < -0.39 is 0 Å². The smallest absolute Gasteiger partial charge is 0.250 e. The van der Waals surface area contributed by atoms with Crippen LogP contribution in [0.3, 0.4) is 0 Å². The highest BCUT2D eigenvalue weighted by molar-refractivity contribution is 6.30. The Bertz CT molecular complexity index is 979. The Hall–Kier alpha value is -3.19. The first-order valence-corrected chi connectivity index (χ1v) is 9.40. The van der Waals surface area contributed by atoms with Crippen molar-refractivity contribution in [3.63, 3.8) is 0 Å². The normalized spacial score (nSPS) is 14.6. The maximum atomic E-state index is 12.5. The largest absolute Gasteiger partial charge is 0.336 e. The molecule has 8 heteroatoms. The molecule has 2 aromatic carbocycles. The number of aromatic nitrogens is 4. The molecule has 0 atom stereocenters. The first kappa shape index (κ1) is 18.2. The number of hydrogen-bond donors (Lipinski definition) is 0. The molecule has 1 aromatic heterocycles. The summed E-state index contributed by atoms with van der Waals surface area (Å²) in [6.07, 6.45) is 3.38.